The standard InChI is InChI=1S/C16H22F3NO2/c1-15(10-21)7-3-6-14(15)20-9-12-4-2-5-13(8-12)22-11-16(17,18)19/h2,4-5,8,14,20-21H,3,6-7,9-11H2,1H3/t14-,15+/m0/s1. The van der Waals surface area contributed by atoms with E-state index in [4.69, 9.17) is 4.74 Å². The zero-order chi connectivity index (χ0) is 16.2. The second kappa shape index (κ2) is 6.87. The van der Waals surface area contributed by atoms with Crippen LogP contribution in [0.15, 0.2) is 24.3 Å². The van der Waals surface area contributed by atoms with Crippen molar-refractivity contribution < 1.29 is 23.0 Å². The third-order valence-electron chi connectivity index (χ3n) is 4.30. The first-order valence-electron chi connectivity index (χ1n) is 7.45. The van der Waals surface area contributed by atoms with Crippen LogP contribution in [0.4, 0.5) is 13.2 Å². The predicted octanol–water partition coefficient (Wildman–Crippen LogP) is 3.27. The van der Waals surface area contributed by atoms with Crippen LogP contribution in [-0.4, -0.2) is 30.5 Å². The highest BCUT2D eigenvalue weighted by Gasteiger charge is 2.37. The van der Waals surface area contributed by atoms with Crippen LogP contribution in [0.5, 0.6) is 5.75 Å². The van der Waals surface area contributed by atoms with Crippen LogP contribution in [0, 0.1) is 5.41 Å². The van der Waals surface area contributed by atoms with Crippen molar-refractivity contribution in [2.75, 3.05) is 13.2 Å². The second-order valence-corrected chi connectivity index (χ2v) is 6.19. The van der Waals surface area contributed by atoms with Gasteiger partial charge in [-0.1, -0.05) is 25.5 Å². The molecule has 0 aromatic heterocycles. The maximum Gasteiger partial charge on any atom is 0.422 e. The van der Waals surface area contributed by atoms with Gasteiger partial charge in [-0.3, -0.25) is 0 Å². The molecule has 1 fully saturated rings. The number of hydrogen-bond acceptors (Lipinski definition) is 3. The summed E-state index contributed by atoms with van der Waals surface area (Å²) in [6, 6.07) is 6.88. The number of nitrogens with one attached hydrogen (secondary N) is 1. The van der Waals surface area contributed by atoms with Gasteiger partial charge in [0.25, 0.3) is 0 Å². The Labute approximate surface area is 128 Å². The van der Waals surface area contributed by atoms with Gasteiger partial charge in [0.15, 0.2) is 6.61 Å². The zero-order valence-corrected chi connectivity index (χ0v) is 12.6. The first-order chi connectivity index (χ1) is 10.3. The van der Waals surface area contributed by atoms with E-state index in [1.807, 2.05) is 6.07 Å². The summed E-state index contributed by atoms with van der Waals surface area (Å²) >= 11 is 0. The van der Waals surface area contributed by atoms with Gasteiger partial charge in [0.2, 0.25) is 0 Å². The van der Waals surface area contributed by atoms with Crippen molar-refractivity contribution in [2.45, 2.75) is 44.9 Å². The van der Waals surface area contributed by atoms with E-state index in [-0.39, 0.29) is 23.8 Å². The van der Waals surface area contributed by atoms with Crippen LogP contribution in [0.1, 0.15) is 31.7 Å². The van der Waals surface area contributed by atoms with Crippen LogP contribution >= 0.6 is 0 Å². The number of hydrogen-bond donors (Lipinski definition) is 2. The molecule has 0 spiro atoms. The van der Waals surface area contributed by atoms with Gasteiger partial charge < -0.3 is 15.2 Å². The molecule has 0 saturated heterocycles. The van der Waals surface area contributed by atoms with Gasteiger partial charge in [-0.2, -0.15) is 13.2 Å². The lowest BCUT2D eigenvalue weighted by atomic mass is 9.86. The third kappa shape index (κ3) is 4.61. The molecule has 1 aliphatic rings. The van der Waals surface area contributed by atoms with Gasteiger partial charge in [-0.25, -0.2) is 0 Å². The highest BCUT2D eigenvalue weighted by Crippen LogP contribution is 2.37. The van der Waals surface area contributed by atoms with Gasteiger partial charge in [-0.15, -0.1) is 0 Å². The lowest BCUT2D eigenvalue weighted by molar-refractivity contribution is -0.153. The lowest BCUT2D eigenvalue weighted by Gasteiger charge is -2.30. The molecule has 1 aromatic carbocycles. The summed E-state index contributed by atoms with van der Waals surface area (Å²) in [6.45, 7) is 1.46. The maximum atomic E-state index is 12.2. The van der Waals surface area contributed by atoms with Gasteiger partial charge in [0.05, 0.1) is 0 Å². The Morgan fingerprint density at radius 2 is 2.18 bits per heavy atom. The van der Waals surface area contributed by atoms with E-state index in [1.165, 1.54) is 6.07 Å². The van der Waals surface area contributed by atoms with E-state index in [0.717, 1.165) is 24.8 Å². The fourth-order valence-corrected chi connectivity index (χ4v) is 2.92. The molecule has 2 atom stereocenters. The molecule has 6 heteroatoms. The monoisotopic (exact) mass is 317 g/mol. The number of benzene rings is 1. The highest BCUT2D eigenvalue weighted by molar-refractivity contribution is 5.28. The van der Waals surface area contributed by atoms with Crippen molar-refractivity contribution in [3.8, 4) is 5.75 Å². The summed E-state index contributed by atoms with van der Waals surface area (Å²) < 4.78 is 41.2. The van der Waals surface area contributed by atoms with E-state index in [9.17, 15) is 18.3 Å². The van der Waals surface area contributed by atoms with E-state index in [0.29, 0.717) is 6.54 Å². The topological polar surface area (TPSA) is 41.5 Å². The van der Waals surface area contributed by atoms with Crippen molar-refractivity contribution in [3.05, 3.63) is 29.8 Å². The Kier molecular flexibility index (Phi) is 5.34. The minimum atomic E-state index is -4.33. The van der Waals surface area contributed by atoms with E-state index in [1.54, 1.807) is 12.1 Å². The molecule has 0 radical (unpaired) electrons. The number of halogens is 3. The molecule has 1 saturated carbocycles. The Morgan fingerprint density at radius 3 is 2.86 bits per heavy atom. The lowest BCUT2D eigenvalue weighted by Crippen LogP contribution is -2.41. The van der Waals surface area contributed by atoms with E-state index < -0.39 is 12.8 Å². The molecule has 0 bridgehead atoms. The quantitative estimate of drug-likeness (QED) is 0.846. The average Bonchev–Trinajstić information content (AvgIpc) is 2.85. The van der Waals surface area contributed by atoms with Crippen LogP contribution in [-0.2, 0) is 6.54 Å². The van der Waals surface area contributed by atoms with Crippen molar-refractivity contribution >= 4 is 0 Å². The fourth-order valence-electron chi connectivity index (χ4n) is 2.92. The van der Waals surface area contributed by atoms with Crippen LogP contribution in [0.25, 0.3) is 0 Å². The van der Waals surface area contributed by atoms with Crippen LogP contribution < -0.4 is 10.1 Å². The molecule has 1 aliphatic carbocycles. The molecular weight excluding hydrogens is 295 g/mol. The smallest absolute Gasteiger partial charge is 0.422 e. The molecule has 0 aliphatic heterocycles. The maximum absolute atomic E-state index is 12.2. The first kappa shape index (κ1) is 17.1. The number of ether oxygens (including phenoxy) is 1. The first-order valence-corrected chi connectivity index (χ1v) is 7.45. The van der Waals surface area contributed by atoms with Gasteiger partial charge in [0, 0.05) is 24.6 Å². The molecule has 1 aromatic rings. The molecule has 0 amide bonds. The summed E-state index contributed by atoms with van der Waals surface area (Å²) in [5.74, 6) is 0.216. The number of aliphatic hydroxyl groups excluding tert-OH is 1. The Hall–Kier alpha value is -1.27. The summed E-state index contributed by atoms with van der Waals surface area (Å²) in [4.78, 5) is 0. The summed E-state index contributed by atoms with van der Waals surface area (Å²) in [6.07, 6.45) is -1.28. The van der Waals surface area contributed by atoms with Gasteiger partial charge in [0.1, 0.15) is 5.75 Å². The molecule has 0 unspecified atom stereocenters. The molecule has 124 valence electrons. The number of rotatable bonds is 6. The normalized spacial score (nSPS) is 25.4. The second-order valence-electron chi connectivity index (χ2n) is 6.19. The molecule has 0 heterocycles. The molecule has 2 N–H and O–H groups in total. The van der Waals surface area contributed by atoms with Gasteiger partial charge >= 0.3 is 6.18 Å². The predicted molar refractivity (Wildman–Crippen MR) is 77.7 cm³/mol. The molecule has 22 heavy (non-hydrogen) atoms. The highest BCUT2D eigenvalue weighted by atomic mass is 19.4. The van der Waals surface area contributed by atoms with Crippen LogP contribution in [0.3, 0.4) is 0 Å². The SMILES string of the molecule is C[C@]1(CO)CCC[C@@H]1NCc1cccc(OCC(F)(F)F)c1. The van der Waals surface area contributed by atoms with Crippen molar-refractivity contribution in [2.24, 2.45) is 5.41 Å². The summed E-state index contributed by atoms with van der Waals surface area (Å²) in [7, 11) is 0. The average molecular weight is 317 g/mol. The van der Waals surface area contributed by atoms with Crippen molar-refractivity contribution in [1.29, 1.82) is 0 Å². The summed E-state index contributed by atoms with van der Waals surface area (Å²) in [5, 5.41) is 12.9. The number of aliphatic hydroxyl groups is 1. The van der Waals surface area contributed by atoms with Crippen LogP contribution in [0.2, 0.25) is 0 Å². The summed E-state index contributed by atoms with van der Waals surface area (Å²) in [5.41, 5.74) is 0.747. The Morgan fingerprint density at radius 1 is 1.41 bits per heavy atom. The minimum absolute atomic E-state index is 0.121. The Balaban J connectivity index is 1.91. The molecular formula is C16H22F3NO2. The van der Waals surface area contributed by atoms with Crippen molar-refractivity contribution in [3.63, 3.8) is 0 Å². The third-order valence-corrected chi connectivity index (χ3v) is 4.30. The fraction of sp³-hybridized carbons (Fsp3) is 0.625. The number of alkyl halides is 3. The Bertz CT molecular complexity index is 493. The molecule has 2 rings (SSSR count). The van der Waals surface area contributed by atoms with Crippen molar-refractivity contribution in [1.82, 2.24) is 5.32 Å². The van der Waals surface area contributed by atoms with E-state index >= 15 is 0 Å². The minimum Gasteiger partial charge on any atom is -0.484 e. The van der Waals surface area contributed by atoms with E-state index in [2.05, 4.69) is 12.2 Å². The molecule has 3 nitrogen and oxygen atoms in total. The van der Waals surface area contributed by atoms with Gasteiger partial charge in [-0.05, 0) is 30.5 Å². The zero-order valence-electron chi connectivity index (χ0n) is 12.6. The largest absolute Gasteiger partial charge is 0.484 e.